The first-order valence-corrected chi connectivity index (χ1v) is 10.7. The van der Waals surface area contributed by atoms with Crippen LogP contribution in [0.15, 0.2) is 48.8 Å². The molecule has 2 aromatic rings. The highest BCUT2D eigenvalue weighted by molar-refractivity contribution is 5.88. The van der Waals surface area contributed by atoms with Gasteiger partial charge in [0.1, 0.15) is 11.9 Å². The van der Waals surface area contributed by atoms with Crippen molar-refractivity contribution >= 4 is 17.8 Å². The molecule has 180 valence electrons. The summed E-state index contributed by atoms with van der Waals surface area (Å²) in [5.74, 6) is -1.58. The second-order valence-corrected chi connectivity index (χ2v) is 8.21. The standard InChI is InChI=1S/C23H24F2N4O5/c1-3-4-16(14-5-6-17-18(11-14)34-23(24,25)33-17)28-22(32)29-12(2)15(20(29)21(30)31)9-13-7-8-27-19(26)10-13/h5-8,10-11,15-16,20H,2-4,9H2,1H3,(H2,26,27)(H,28,32)(H,30,31)/t15-,16+,20-/m0/s1. The molecule has 4 rings (SSSR count). The molecule has 3 atom stereocenters. The molecular weight excluding hydrogens is 450 g/mol. The summed E-state index contributed by atoms with van der Waals surface area (Å²) in [7, 11) is 0. The van der Waals surface area contributed by atoms with Gasteiger partial charge in [0.2, 0.25) is 0 Å². The molecule has 9 nitrogen and oxygen atoms in total. The van der Waals surface area contributed by atoms with Crippen LogP contribution in [0.5, 0.6) is 11.5 Å². The summed E-state index contributed by atoms with van der Waals surface area (Å²) in [5, 5.41) is 12.6. The number of ether oxygens (including phenoxy) is 2. The average Bonchev–Trinajstić information content (AvgIpc) is 3.07. The predicted molar refractivity (Wildman–Crippen MR) is 117 cm³/mol. The highest BCUT2D eigenvalue weighted by Crippen LogP contribution is 2.43. The Balaban J connectivity index is 1.50. The summed E-state index contributed by atoms with van der Waals surface area (Å²) in [6.07, 6.45) is -0.725. The Hall–Kier alpha value is -3.89. The Morgan fingerprint density at radius 1 is 1.29 bits per heavy atom. The van der Waals surface area contributed by atoms with E-state index in [-0.39, 0.29) is 11.5 Å². The molecule has 3 heterocycles. The number of urea groups is 1. The van der Waals surface area contributed by atoms with Crippen molar-refractivity contribution in [2.45, 2.75) is 44.6 Å². The van der Waals surface area contributed by atoms with Crippen molar-refractivity contribution in [2.24, 2.45) is 5.92 Å². The molecule has 1 aromatic carbocycles. The SMILES string of the molecule is C=C1[C@H](Cc2ccnc(N)c2)[C@@H](C(=O)O)N1C(=O)N[C@H](CCC)c1ccc2c(c1)OC(F)(F)O2. The summed E-state index contributed by atoms with van der Waals surface area (Å²) in [5.41, 5.74) is 7.37. The molecule has 2 aliphatic heterocycles. The van der Waals surface area contributed by atoms with E-state index in [0.29, 0.717) is 36.3 Å². The Morgan fingerprint density at radius 2 is 2.03 bits per heavy atom. The maximum atomic E-state index is 13.4. The second-order valence-electron chi connectivity index (χ2n) is 8.21. The van der Waals surface area contributed by atoms with E-state index in [1.165, 1.54) is 18.3 Å². The number of aliphatic carboxylic acids is 1. The molecule has 0 bridgehead atoms. The number of alkyl halides is 2. The number of amides is 2. The maximum Gasteiger partial charge on any atom is 0.586 e. The normalized spacial score (nSPS) is 21.0. The zero-order valence-electron chi connectivity index (χ0n) is 18.3. The number of carboxylic acids is 1. The first kappa shape index (κ1) is 23.3. The highest BCUT2D eigenvalue weighted by Gasteiger charge is 2.50. The number of pyridine rings is 1. The van der Waals surface area contributed by atoms with Crippen LogP contribution in [-0.2, 0) is 11.2 Å². The van der Waals surface area contributed by atoms with Crippen molar-refractivity contribution in [3.05, 3.63) is 59.9 Å². The highest BCUT2D eigenvalue weighted by atomic mass is 19.3. The maximum absolute atomic E-state index is 13.4. The van der Waals surface area contributed by atoms with Crippen LogP contribution in [0.2, 0.25) is 0 Å². The summed E-state index contributed by atoms with van der Waals surface area (Å²) in [6.45, 7) is 5.82. The van der Waals surface area contributed by atoms with Crippen LogP contribution in [0.4, 0.5) is 19.4 Å². The molecule has 0 radical (unpaired) electrons. The first-order valence-electron chi connectivity index (χ1n) is 10.7. The van der Waals surface area contributed by atoms with Crippen LogP contribution >= 0.6 is 0 Å². The molecule has 0 aliphatic carbocycles. The van der Waals surface area contributed by atoms with Crippen LogP contribution < -0.4 is 20.5 Å². The van der Waals surface area contributed by atoms with Crippen molar-refractivity contribution in [3.8, 4) is 11.5 Å². The predicted octanol–water partition coefficient (Wildman–Crippen LogP) is 3.68. The van der Waals surface area contributed by atoms with Gasteiger partial charge in [0.05, 0.1) is 6.04 Å². The number of fused-ring (bicyclic) bond motifs is 1. The lowest BCUT2D eigenvalue weighted by Gasteiger charge is -2.47. The molecule has 2 aliphatic rings. The minimum Gasteiger partial charge on any atom is -0.480 e. The molecule has 4 N–H and O–H groups in total. The van der Waals surface area contributed by atoms with Gasteiger partial charge >= 0.3 is 18.3 Å². The first-order chi connectivity index (χ1) is 16.1. The number of benzene rings is 1. The average molecular weight is 474 g/mol. The number of carboxylic acid groups (broad SMARTS) is 1. The number of rotatable bonds is 7. The zero-order chi connectivity index (χ0) is 24.6. The van der Waals surface area contributed by atoms with E-state index in [2.05, 4.69) is 26.4 Å². The minimum atomic E-state index is -3.75. The van der Waals surface area contributed by atoms with Crippen molar-refractivity contribution in [1.29, 1.82) is 0 Å². The van der Waals surface area contributed by atoms with E-state index >= 15 is 0 Å². The number of anilines is 1. The smallest absolute Gasteiger partial charge is 0.480 e. The van der Waals surface area contributed by atoms with E-state index in [0.717, 1.165) is 10.5 Å². The van der Waals surface area contributed by atoms with Gasteiger partial charge in [-0.25, -0.2) is 14.6 Å². The van der Waals surface area contributed by atoms with Gasteiger partial charge in [-0.1, -0.05) is 26.0 Å². The fraction of sp³-hybridized carbons (Fsp3) is 0.348. The summed E-state index contributed by atoms with van der Waals surface area (Å²) in [4.78, 5) is 30.1. The molecule has 0 unspecified atom stereocenters. The van der Waals surface area contributed by atoms with Crippen molar-refractivity contribution < 1.29 is 33.0 Å². The van der Waals surface area contributed by atoms with Crippen LogP contribution in [0, 0.1) is 5.92 Å². The van der Waals surface area contributed by atoms with Gasteiger partial charge in [-0.3, -0.25) is 4.90 Å². The van der Waals surface area contributed by atoms with Crippen LogP contribution in [0.1, 0.15) is 36.9 Å². The third kappa shape index (κ3) is 4.45. The van der Waals surface area contributed by atoms with Gasteiger partial charge in [-0.15, -0.1) is 8.78 Å². The Bertz CT molecular complexity index is 1140. The van der Waals surface area contributed by atoms with E-state index in [1.807, 2.05) is 6.92 Å². The van der Waals surface area contributed by atoms with Gasteiger partial charge in [0, 0.05) is 17.8 Å². The van der Waals surface area contributed by atoms with Crippen LogP contribution in [-0.4, -0.2) is 39.3 Å². The monoisotopic (exact) mass is 474 g/mol. The Kier molecular flexibility index (Phi) is 6.03. The largest absolute Gasteiger partial charge is 0.586 e. The molecule has 11 heteroatoms. The molecule has 1 aromatic heterocycles. The number of halogens is 2. The molecular formula is C23H24F2N4O5. The third-order valence-electron chi connectivity index (χ3n) is 5.87. The van der Waals surface area contributed by atoms with Gasteiger partial charge in [-0.2, -0.15) is 0 Å². The number of hydrogen-bond donors (Lipinski definition) is 3. The summed E-state index contributed by atoms with van der Waals surface area (Å²) in [6, 6.07) is 5.35. The van der Waals surface area contributed by atoms with Crippen molar-refractivity contribution in [3.63, 3.8) is 0 Å². The van der Waals surface area contributed by atoms with Crippen molar-refractivity contribution in [1.82, 2.24) is 15.2 Å². The van der Waals surface area contributed by atoms with Gasteiger partial charge in [-0.05, 0) is 48.2 Å². The number of nitrogens with two attached hydrogens (primary N) is 1. The van der Waals surface area contributed by atoms with Gasteiger partial charge in [0.15, 0.2) is 11.5 Å². The topological polar surface area (TPSA) is 127 Å². The Labute approximate surface area is 194 Å². The van der Waals surface area contributed by atoms with E-state index in [9.17, 15) is 23.5 Å². The number of nitrogen functional groups attached to an aromatic ring is 1. The zero-order valence-corrected chi connectivity index (χ0v) is 18.3. The molecule has 0 spiro atoms. The van der Waals surface area contributed by atoms with E-state index in [1.54, 1.807) is 18.2 Å². The number of likely N-dealkylation sites (tertiary alicyclic amines) is 1. The number of nitrogens with zero attached hydrogens (tertiary/aromatic N) is 2. The van der Waals surface area contributed by atoms with Crippen LogP contribution in [0.3, 0.4) is 0 Å². The van der Waals surface area contributed by atoms with Gasteiger partial charge < -0.3 is 25.6 Å². The van der Waals surface area contributed by atoms with Crippen LogP contribution in [0.25, 0.3) is 0 Å². The lowest BCUT2D eigenvalue weighted by atomic mass is 9.80. The third-order valence-corrected chi connectivity index (χ3v) is 5.87. The molecule has 34 heavy (non-hydrogen) atoms. The minimum absolute atomic E-state index is 0.100. The summed E-state index contributed by atoms with van der Waals surface area (Å²) >= 11 is 0. The lowest BCUT2D eigenvalue weighted by molar-refractivity contribution is -0.286. The fourth-order valence-electron chi connectivity index (χ4n) is 4.29. The number of carbonyl (C=O) groups is 2. The van der Waals surface area contributed by atoms with E-state index in [4.69, 9.17) is 5.73 Å². The van der Waals surface area contributed by atoms with Crippen molar-refractivity contribution in [2.75, 3.05) is 5.73 Å². The molecule has 0 saturated carbocycles. The quantitative estimate of drug-likeness (QED) is 0.559. The summed E-state index contributed by atoms with van der Waals surface area (Å²) < 4.78 is 35.7. The number of carbonyl (C=O) groups excluding carboxylic acids is 1. The molecule has 1 fully saturated rings. The number of aromatic nitrogens is 1. The Morgan fingerprint density at radius 3 is 2.71 bits per heavy atom. The second kappa shape index (κ2) is 8.81. The van der Waals surface area contributed by atoms with Gasteiger partial charge in [0.25, 0.3) is 0 Å². The van der Waals surface area contributed by atoms with E-state index < -0.39 is 36.3 Å². The number of hydrogen-bond acceptors (Lipinski definition) is 6. The molecule has 1 saturated heterocycles. The fourth-order valence-corrected chi connectivity index (χ4v) is 4.29. The molecule has 2 amide bonds. The lowest BCUT2D eigenvalue weighted by Crippen LogP contribution is -2.63. The number of nitrogens with one attached hydrogen (secondary N) is 1.